The van der Waals surface area contributed by atoms with E-state index in [1.807, 2.05) is 19.2 Å². The highest BCUT2D eigenvalue weighted by Crippen LogP contribution is 2.50. The minimum Gasteiger partial charge on any atom is -0.259 e. The van der Waals surface area contributed by atoms with E-state index in [1.54, 1.807) is 0 Å². The van der Waals surface area contributed by atoms with Crippen LogP contribution < -0.4 is 0 Å². The van der Waals surface area contributed by atoms with Crippen LogP contribution in [-0.4, -0.2) is 11.9 Å². The summed E-state index contributed by atoms with van der Waals surface area (Å²) in [6.45, 7) is 8.14. The van der Waals surface area contributed by atoms with Crippen molar-refractivity contribution in [2.75, 3.05) is 0 Å². The minimum absolute atomic E-state index is 0.317. The summed E-state index contributed by atoms with van der Waals surface area (Å²) < 4.78 is 0. The number of allylic oxidation sites excluding steroid dienone is 4. The summed E-state index contributed by atoms with van der Waals surface area (Å²) >= 11 is 0. The van der Waals surface area contributed by atoms with Gasteiger partial charge in [-0.1, -0.05) is 116 Å². The van der Waals surface area contributed by atoms with Crippen molar-refractivity contribution in [3.8, 4) is 11.1 Å². The summed E-state index contributed by atoms with van der Waals surface area (Å²) in [5.74, 6) is 0.643. The first kappa shape index (κ1) is 25.7. The normalized spacial score (nSPS) is 18.5. The molecule has 0 amide bonds. The molecule has 0 saturated carbocycles. The second-order valence-electron chi connectivity index (χ2n) is 10.7. The molecule has 4 aromatic rings. The van der Waals surface area contributed by atoms with Gasteiger partial charge in [-0.25, -0.2) is 0 Å². The fraction of sp³-hybridized carbons (Fsp3) is 0.158. The Kier molecular flexibility index (Phi) is 7.25. The van der Waals surface area contributed by atoms with Crippen molar-refractivity contribution in [3.05, 3.63) is 138 Å². The van der Waals surface area contributed by atoms with E-state index in [0.717, 1.165) is 35.5 Å². The predicted molar refractivity (Wildman–Crippen MR) is 173 cm³/mol. The lowest BCUT2D eigenvalue weighted by atomic mass is 9.72. The van der Waals surface area contributed by atoms with Gasteiger partial charge in [0.2, 0.25) is 0 Å². The van der Waals surface area contributed by atoms with Crippen molar-refractivity contribution < 1.29 is 0 Å². The largest absolute Gasteiger partial charge is 0.259 e. The Labute approximate surface area is 237 Å². The lowest BCUT2D eigenvalue weighted by molar-refractivity contribution is 0.524. The van der Waals surface area contributed by atoms with Crippen molar-refractivity contribution in [2.45, 2.75) is 32.6 Å². The van der Waals surface area contributed by atoms with Crippen LogP contribution in [0.25, 0.3) is 28.3 Å². The molecule has 1 aliphatic carbocycles. The van der Waals surface area contributed by atoms with Crippen molar-refractivity contribution in [1.82, 2.24) is 0 Å². The van der Waals surface area contributed by atoms with Gasteiger partial charge in [0.25, 0.3) is 0 Å². The Morgan fingerprint density at radius 2 is 1.50 bits per heavy atom. The zero-order chi connectivity index (χ0) is 27.5. The third-order valence-corrected chi connectivity index (χ3v) is 8.05. The zero-order valence-electron chi connectivity index (χ0n) is 23.2. The molecule has 0 bridgehead atoms. The van der Waals surface area contributed by atoms with Gasteiger partial charge >= 0.3 is 0 Å². The Balaban J connectivity index is 1.47. The van der Waals surface area contributed by atoms with Gasteiger partial charge in [0.1, 0.15) is 0 Å². The molecule has 6 rings (SSSR count). The molecular formula is C38H34N2. The van der Waals surface area contributed by atoms with Crippen LogP contribution in [0.1, 0.15) is 54.9 Å². The maximum atomic E-state index is 5.04. The fourth-order valence-electron chi connectivity index (χ4n) is 6.14. The van der Waals surface area contributed by atoms with E-state index in [4.69, 9.17) is 9.98 Å². The number of hydrogen-bond acceptors (Lipinski definition) is 2. The van der Waals surface area contributed by atoms with Crippen LogP contribution in [0.2, 0.25) is 0 Å². The SMILES string of the molecule is C=Cc1ccc2c(c1/N=C/C)N=C(C)CC2[C@@H]1C=C(c2cccc(-c3ccccc3)c2)C=C(c2ccccc2)C1. The Hall–Kier alpha value is -4.56. The second kappa shape index (κ2) is 11.3. The highest BCUT2D eigenvalue weighted by atomic mass is 14.8. The molecule has 0 fully saturated rings. The van der Waals surface area contributed by atoms with Gasteiger partial charge in [0.15, 0.2) is 0 Å². The molecule has 0 spiro atoms. The molecule has 4 aromatic carbocycles. The van der Waals surface area contributed by atoms with Crippen molar-refractivity contribution >= 4 is 40.5 Å². The number of nitrogens with zero attached hydrogens (tertiary/aromatic N) is 2. The monoisotopic (exact) mass is 518 g/mol. The summed E-state index contributed by atoms with van der Waals surface area (Å²) in [6, 6.07) is 34.8. The van der Waals surface area contributed by atoms with E-state index in [-0.39, 0.29) is 0 Å². The maximum Gasteiger partial charge on any atom is 0.0957 e. The summed E-state index contributed by atoms with van der Waals surface area (Å²) in [7, 11) is 0. The molecule has 40 heavy (non-hydrogen) atoms. The number of benzene rings is 4. The summed E-state index contributed by atoms with van der Waals surface area (Å²) in [5, 5.41) is 0. The molecule has 2 nitrogen and oxygen atoms in total. The lowest BCUT2D eigenvalue weighted by Gasteiger charge is -2.33. The molecule has 2 aliphatic rings. The van der Waals surface area contributed by atoms with E-state index in [1.165, 1.54) is 39.0 Å². The van der Waals surface area contributed by atoms with Crippen LogP contribution in [0.5, 0.6) is 0 Å². The molecule has 2 heteroatoms. The van der Waals surface area contributed by atoms with Crippen molar-refractivity contribution in [1.29, 1.82) is 0 Å². The van der Waals surface area contributed by atoms with Gasteiger partial charge in [-0.3, -0.25) is 9.98 Å². The van der Waals surface area contributed by atoms with Crippen LogP contribution in [0.4, 0.5) is 11.4 Å². The van der Waals surface area contributed by atoms with Crippen LogP contribution in [0, 0.1) is 5.92 Å². The third-order valence-electron chi connectivity index (χ3n) is 8.05. The predicted octanol–water partition coefficient (Wildman–Crippen LogP) is 10.5. The number of aliphatic imine (C=N–C) groups is 2. The first-order valence-corrected chi connectivity index (χ1v) is 14.1. The van der Waals surface area contributed by atoms with E-state index < -0.39 is 0 Å². The first-order valence-electron chi connectivity index (χ1n) is 14.1. The molecule has 0 saturated heterocycles. The molecule has 0 aromatic heterocycles. The van der Waals surface area contributed by atoms with Crippen molar-refractivity contribution in [3.63, 3.8) is 0 Å². The van der Waals surface area contributed by atoms with Crippen LogP contribution in [0.3, 0.4) is 0 Å². The Morgan fingerprint density at radius 3 is 2.23 bits per heavy atom. The number of rotatable bonds is 6. The van der Waals surface area contributed by atoms with Gasteiger partial charge in [-0.15, -0.1) is 0 Å². The Bertz CT molecular complexity index is 1670. The standard InChI is InChI=1S/C38H34N2/c1-4-27-19-20-35-36(21-26(3)40-38(35)37(27)39-5-2)34-24-32(29-15-10-7-11-16-29)23-33(25-34)31-18-12-17-30(22-31)28-13-8-6-9-14-28/h4-20,22-23,25,34,36H,1,21,24H2,2-3H3/b39-5+/t34-,36?/m0/s1. The maximum absolute atomic E-state index is 5.04. The molecule has 196 valence electrons. The van der Waals surface area contributed by atoms with Gasteiger partial charge in [0, 0.05) is 17.5 Å². The summed E-state index contributed by atoms with van der Waals surface area (Å²) in [5.41, 5.74) is 13.1. The van der Waals surface area contributed by atoms with Gasteiger partial charge < -0.3 is 0 Å². The van der Waals surface area contributed by atoms with E-state index in [0.29, 0.717) is 11.8 Å². The molecule has 0 N–H and O–H groups in total. The fourth-order valence-corrected chi connectivity index (χ4v) is 6.14. The third kappa shape index (κ3) is 5.05. The van der Waals surface area contributed by atoms with Gasteiger partial charge in [0.05, 0.1) is 11.4 Å². The van der Waals surface area contributed by atoms with Gasteiger partial charge in [-0.2, -0.15) is 0 Å². The van der Waals surface area contributed by atoms with Crippen molar-refractivity contribution in [2.24, 2.45) is 15.9 Å². The molecule has 1 unspecified atom stereocenters. The van der Waals surface area contributed by atoms with Crippen LogP contribution >= 0.6 is 0 Å². The molecular weight excluding hydrogens is 484 g/mol. The van der Waals surface area contributed by atoms with E-state index in [2.05, 4.69) is 123 Å². The lowest BCUT2D eigenvalue weighted by Crippen LogP contribution is -2.20. The topological polar surface area (TPSA) is 24.7 Å². The number of fused-ring (bicyclic) bond motifs is 1. The number of hydrogen-bond donors (Lipinski definition) is 0. The molecule has 0 radical (unpaired) electrons. The Morgan fingerprint density at radius 1 is 0.800 bits per heavy atom. The average Bonchev–Trinajstić information content (AvgIpc) is 3.02. The first-order chi connectivity index (χ1) is 19.6. The molecule has 1 heterocycles. The highest BCUT2D eigenvalue weighted by Gasteiger charge is 2.32. The smallest absolute Gasteiger partial charge is 0.0957 e. The highest BCUT2D eigenvalue weighted by molar-refractivity contribution is 5.94. The molecule has 2 atom stereocenters. The van der Waals surface area contributed by atoms with Gasteiger partial charge in [-0.05, 0) is 83.6 Å². The van der Waals surface area contributed by atoms with E-state index >= 15 is 0 Å². The summed E-state index contributed by atoms with van der Waals surface area (Å²) in [6.07, 6.45) is 10.6. The second-order valence-corrected chi connectivity index (χ2v) is 10.7. The van der Waals surface area contributed by atoms with E-state index in [9.17, 15) is 0 Å². The zero-order valence-corrected chi connectivity index (χ0v) is 23.2. The molecule has 1 aliphatic heterocycles. The van der Waals surface area contributed by atoms with Crippen LogP contribution in [0.15, 0.2) is 126 Å². The minimum atomic E-state index is 0.317. The van der Waals surface area contributed by atoms with Crippen LogP contribution in [-0.2, 0) is 0 Å². The summed E-state index contributed by atoms with van der Waals surface area (Å²) in [4.78, 5) is 9.78. The quantitative estimate of drug-likeness (QED) is 0.227. The average molecular weight is 519 g/mol.